The van der Waals surface area contributed by atoms with Crippen molar-refractivity contribution in [1.82, 2.24) is 10.2 Å². The van der Waals surface area contributed by atoms with Gasteiger partial charge in [0.25, 0.3) is 0 Å². The molecule has 0 radical (unpaired) electrons. The second-order valence-corrected chi connectivity index (χ2v) is 8.03. The van der Waals surface area contributed by atoms with Gasteiger partial charge in [0, 0.05) is 36.2 Å². The highest BCUT2D eigenvalue weighted by Crippen LogP contribution is 2.32. The maximum Gasteiger partial charge on any atom is 0.227 e. The molecule has 1 aliphatic heterocycles. The number of fused-ring (bicyclic) bond motifs is 1. The molecule has 1 fully saturated rings. The van der Waals surface area contributed by atoms with Gasteiger partial charge in [-0.05, 0) is 45.0 Å². The van der Waals surface area contributed by atoms with Crippen LogP contribution in [0.1, 0.15) is 32.3 Å². The SMILES string of the molecule is CNC[C@@H]1Oc2ccc(NC(=O)C3CC3)cc2CC(=O)N([C@@H](C)CO)C[C@@H]1C. The third-order valence-electron chi connectivity index (χ3n) is 5.54. The zero-order valence-electron chi connectivity index (χ0n) is 16.9. The molecule has 7 heteroatoms. The van der Waals surface area contributed by atoms with Crippen LogP contribution in [0.3, 0.4) is 0 Å². The van der Waals surface area contributed by atoms with Crippen LogP contribution < -0.4 is 15.4 Å². The number of carbonyl (C=O) groups is 2. The quantitative estimate of drug-likeness (QED) is 0.684. The number of hydrogen-bond acceptors (Lipinski definition) is 5. The minimum absolute atomic E-state index is 0.0347. The Morgan fingerprint density at radius 1 is 1.39 bits per heavy atom. The van der Waals surface area contributed by atoms with Gasteiger partial charge in [0.1, 0.15) is 11.9 Å². The summed E-state index contributed by atoms with van der Waals surface area (Å²) in [6, 6.07) is 5.24. The fourth-order valence-corrected chi connectivity index (χ4v) is 3.54. The number of hydrogen-bond donors (Lipinski definition) is 3. The Balaban J connectivity index is 1.90. The monoisotopic (exact) mass is 389 g/mol. The highest BCUT2D eigenvalue weighted by molar-refractivity contribution is 5.94. The number of rotatable bonds is 6. The Hall–Kier alpha value is -2.12. The van der Waals surface area contributed by atoms with Crippen molar-refractivity contribution in [3.8, 4) is 5.75 Å². The van der Waals surface area contributed by atoms with Crippen LogP contribution in [-0.4, -0.2) is 60.7 Å². The van der Waals surface area contributed by atoms with Gasteiger partial charge in [-0.15, -0.1) is 0 Å². The highest BCUT2D eigenvalue weighted by atomic mass is 16.5. The van der Waals surface area contributed by atoms with Crippen molar-refractivity contribution >= 4 is 17.5 Å². The van der Waals surface area contributed by atoms with E-state index < -0.39 is 0 Å². The van der Waals surface area contributed by atoms with Gasteiger partial charge in [-0.3, -0.25) is 9.59 Å². The fraction of sp³-hybridized carbons (Fsp3) is 0.619. The Labute approximate surface area is 166 Å². The minimum Gasteiger partial charge on any atom is -0.488 e. The normalized spacial score (nSPS) is 23.7. The number of carbonyl (C=O) groups excluding carboxylic acids is 2. The van der Waals surface area contributed by atoms with Gasteiger partial charge in [-0.25, -0.2) is 0 Å². The molecule has 7 nitrogen and oxygen atoms in total. The van der Waals surface area contributed by atoms with Gasteiger partial charge in [0.05, 0.1) is 19.1 Å². The molecule has 0 spiro atoms. The van der Waals surface area contributed by atoms with E-state index in [0.717, 1.165) is 18.4 Å². The number of benzene rings is 1. The molecule has 0 unspecified atom stereocenters. The summed E-state index contributed by atoms with van der Waals surface area (Å²) in [6.07, 6.45) is 1.94. The van der Waals surface area contributed by atoms with Crippen molar-refractivity contribution in [2.45, 2.75) is 45.3 Å². The molecule has 28 heavy (non-hydrogen) atoms. The second-order valence-electron chi connectivity index (χ2n) is 8.03. The molecule has 3 N–H and O–H groups in total. The average molecular weight is 389 g/mol. The zero-order chi connectivity index (χ0) is 20.3. The summed E-state index contributed by atoms with van der Waals surface area (Å²) in [4.78, 5) is 26.8. The van der Waals surface area contributed by atoms with E-state index in [2.05, 4.69) is 17.6 Å². The van der Waals surface area contributed by atoms with Crippen molar-refractivity contribution in [2.75, 3.05) is 32.1 Å². The van der Waals surface area contributed by atoms with Crippen molar-refractivity contribution in [1.29, 1.82) is 0 Å². The largest absolute Gasteiger partial charge is 0.488 e. The summed E-state index contributed by atoms with van der Waals surface area (Å²) in [5.41, 5.74) is 1.44. The minimum atomic E-state index is -0.260. The summed E-state index contributed by atoms with van der Waals surface area (Å²) in [5.74, 6) is 0.861. The first-order valence-corrected chi connectivity index (χ1v) is 10.1. The molecule has 1 aromatic rings. The third-order valence-corrected chi connectivity index (χ3v) is 5.54. The topological polar surface area (TPSA) is 90.9 Å². The smallest absolute Gasteiger partial charge is 0.227 e. The van der Waals surface area contributed by atoms with E-state index in [1.165, 1.54) is 0 Å². The molecular formula is C21H31N3O4. The van der Waals surface area contributed by atoms with Crippen LogP contribution in [0, 0.1) is 11.8 Å². The van der Waals surface area contributed by atoms with Crippen molar-refractivity contribution < 1.29 is 19.4 Å². The highest BCUT2D eigenvalue weighted by Gasteiger charge is 2.31. The molecule has 154 valence electrons. The lowest BCUT2D eigenvalue weighted by molar-refractivity contribution is -0.134. The molecule has 1 aliphatic carbocycles. The zero-order valence-corrected chi connectivity index (χ0v) is 16.9. The number of aliphatic hydroxyl groups is 1. The van der Waals surface area contributed by atoms with E-state index >= 15 is 0 Å². The lowest BCUT2D eigenvalue weighted by Crippen LogP contribution is -2.47. The number of anilines is 1. The van der Waals surface area contributed by atoms with Crippen LogP contribution in [0.4, 0.5) is 5.69 Å². The van der Waals surface area contributed by atoms with Crippen molar-refractivity contribution in [2.24, 2.45) is 11.8 Å². The second kappa shape index (κ2) is 8.92. The molecule has 2 aliphatic rings. The van der Waals surface area contributed by atoms with Gasteiger partial charge in [0.15, 0.2) is 0 Å². The van der Waals surface area contributed by atoms with E-state index in [-0.39, 0.29) is 48.8 Å². The Morgan fingerprint density at radius 2 is 2.14 bits per heavy atom. The Kier molecular flexibility index (Phi) is 6.57. The van der Waals surface area contributed by atoms with Crippen LogP contribution in [0.5, 0.6) is 5.75 Å². The first-order valence-electron chi connectivity index (χ1n) is 10.1. The molecule has 3 rings (SSSR count). The molecule has 1 aromatic carbocycles. The van der Waals surface area contributed by atoms with Crippen molar-refractivity contribution in [3.05, 3.63) is 23.8 Å². The number of ether oxygens (including phenoxy) is 1. The average Bonchev–Trinajstić information content (AvgIpc) is 3.51. The van der Waals surface area contributed by atoms with E-state index in [0.29, 0.717) is 24.5 Å². The summed E-state index contributed by atoms with van der Waals surface area (Å²) in [5, 5.41) is 15.7. The maximum atomic E-state index is 13.0. The summed E-state index contributed by atoms with van der Waals surface area (Å²) in [6.45, 7) is 4.99. The van der Waals surface area contributed by atoms with Crippen LogP contribution in [-0.2, 0) is 16.0 Å². The maximum absolute atomic E-state index is 13.0. The van der Waals surface area contributed by atoms with Gasteiger partial charge in [-0.1, -0.05) is 6.92 Å². The van der Waals surface area contributed by atoms with E-state index in [1.54, 1.807) is 4.90 Å². The molecule has 3 atom stereocenters. The number of nitrogens with zero attached hydrogens (tertiary/aromatic N) is 1. The molecule has 2 amide bonds. The number of nitrogens with one attached hydrogen (secondary N) is 2. The number of amides is 2. The van der Waals surface area contributed by atoms with Gasteiger partial charge in [-0.2, -0.15) is 0 Å². The van der Waals surface area contributed by atoms with Crippen molar-refractivity contribution in [3.63, 3.8) is 0 Å². The Bertz CT molecular complexity index is 720. The lowest BCUT2D eigenvalue weighted by Gasteiger charge is -2.32. The molecule has 0 bridgehead atoms. The standard InChI is InChI=1S/C21H31N3O4/c1-13-11-24(14(2)12-25)20(26)9-16-8-17(23-21(27)15-4-5-15)6-7-18(16)28-19(13)10-22-3/h6-8,13-15,19,22,25H,4-5,9-12H2,1-3H3,(H,23,27)/t13-,14-,19-/m0/s1. The van der Waals surface area contributed by atoms with Gasteiger partial charge >= 0.3 is 0 Å². The third kappa shape index (κ3) is 4.83. The van der Waals surface area contributed by atoms with E-state index in [1.807, 2.05) is 32.2 Å². The molecule has 0 aromatic heterocycles. The lowest BCUT2D eigenvalue weighted by atomic mass is 10.0. The van der Waals surface area contributed by atoms with Gasteiger partial charge < -0.3 is 25.4 Å². The van der Waals surface area contributed by atoms with Gasteiger partial charge in [0.2, 0.25) is 11.8 Å². The first kappa shape index (κ1) is 20.6. The summed E-state index contributed by atoms with van der Waals surface area (Å²) < 4.78 is 6.28. The number of likely N-dealkylation sites (N-methyl/N-ethyl adjacent to an activating group) is 1. The summed E-state index contributed by atoms with van der Waals surface area (Å²) in [7, 11) is 1.87. The first-order chi connectivity index (χ1) is 13.4. The molecular weight excluding hydrogens is 358 g/mol. The predicted molar refractivity (Wildman–Crippen MR) is 107 cm³/mol. The molecule has 1 saturated carbocycles. The van der Waals surface area contributed by atoms with E-state index in [4.69, 9.17) is 4.74 Å². The molecule has 1 heterocycles. The number of aliphatic hydroxyl groups excluding tert-OH is 1. The summed E-state index contributed by atoms with van der Waals surface area (Å²) >= 11 is 0. The fourth-order valence-electron chi connectivity index (χ4n) is 3.54. The van der Waals surface area contributed by atoms with E-state index in [9.17, 15) is 14.7 Å². The van der Waals surface area contributed by atoms with Crippen LogP contribution in [0.15, 0.2) is 18.2 Å². The molecule has 0 saturated heterocycles. The Morgan fingerprint density at radius 3 is 2.79 bits per heavy atom. The van der Waals surface area contributed by atoms with Crippen LogP contribution in [0.25, 0.3) is 0 Å². The van der Waals surface area contributed by atoms with Crippen LogP contribution in [0.2, 0.25) is 0 Å². The van der Waals surface area contributed by atoms with Crippen LogP contribution >= 0.6 is 0 Å². The predicted octanol–water partition coefficient (Wildman–Crippen LogP) is 1.40.